The van der Waals surface area contributed by atoms with Crippen molar-refractivity contribution in [1.29, 1.82) is 5.26 Å². The average Bonchev–Trinajstić information content (AvgIpc) is 3.12. The molecule has 1 aliphatic carbocycles. The summed E-state index contributed by atoms with van der Waals surface area (Å²) in [5.74, 6) is -0.412. The van der Waals surface area contributed by atoms with Gasteiger partial charge in [0, 0.05) is 22.9 Å². The second kappa shape index (κ2) is 8.26. The van der Waals surface area contributed by atoms with E-state index in [1.807, 2.05) is 0 Å². The molecule has 2 aliphatic rings. The van der Waals surface area contributed by atoms with Gasteiger partial charge in [-0.05, 0) is 50.5 Å². The smallest absolute Gasteiger partial charge is 0.254 e. The topological polar surface area (TPSA) is 118 Å². The molecule has 4 N–H and O–H groups in total. The number of benzene rings is 1. The molecule has 3 atom stereocenters. The van der Waals surface area contributed by atoms with E-state index >= 15 is 0 Å². The number of nitriles is 1. The number of primary amides is 1. The Morgan fingerprint density at radius 2 is 2.10 bits per heavy atom. The number of aromatic nitrogens is 2. The van der Waals surface area contributed by atoms with Crippen LogP contribution in [0, 0.1) is 17.2 Å². The molecule has 2 fully saturated rings. The van der Waals surface area contributed by atoms with Gasteiger partial charge in [-0.15, -0.1) is 0 Å². The van der Waals surface area contributed by atoms with E-state index in [2.05, 4.69) is 28.7 Å². The molecule has 9 heteroatoms. The molecule has 158 valence electrons. The van der Waals surface area contributed by atoms with Crippen molar-refractivity contribution in [1.82, 2.24) is 15.1 Å². The number of amides is 1. The van der Waals surface area contributed by atoms with Crippen molar-refractivity contribution in [3.63, 3.8) is 0 Å². The molecular formula is C21H25ClN6O2. The maximum Gasteiger partial charge on any atom is 0.254 e. The van der Waals surface area contributed by atoms with Gasteiger partial charge in [-0.3, -0.25) is 9.48 Å². The van der Waals surface area contributed by atoms with Crippen molar-refractivity contribution in [3.8, 4) is 6.07 Å². The summed E-state index contributed by atoms with van der Waals surface area (Å²) in [6, 6.07) is 9.67. The fourth-order valence-electron chi connectivity index (χ4n) is 4.23. The summed E-state index contributed by atoms with van der Waals surface area (Å²) in [6.07, 6.45) is 4.07. The first-order valence-corrected chi connectivity index (χ1v) is 10.4. The number of carbonyl (C=O) groups is 1. The Bertz CT molecular complexity index is 963. The third-order valence-corrected chi connectivity index (χ3v) is 6.07. The molecule has 1 aromatic carbocycles. The Kier molecular flexibility index (Phi) is 5.69. The van der Waals surface area contributed by atoms with E-state index in [9.17, 15) is 10.1 Å². The van der Waals surface area contributed by atoms with Gasteiger partial charge in [-0.1, -0.05) is 11.6 Å². The van der Waals surface area contributed by atoms with E-state index in [0.29, 0.717) is 29.6 Å². The lowest BCUT2D eigenvalue weighted by Crippen LogP contribution is -2.61. The molecule has 1 amide bonds. The maximum atomic E-state index is 12.0. The van der Waals surface area contributed by atoms with Crippen molar-refractivity contribution in [2.45, 2.75) is 43.8 Å². The molecule has 0 spiro atoms. The zero-order valence-electron chi connectivity index (χ0n) is 16.8. The molecule has 2 aromatic rings. The van der Waals surface area contributed by atoms with E-state index in [4.69, 9.17) is 22.1 Å². The average molecular weight is 429 g/mol. The number of nitrogens with one attached hydrogen (secondary N) is 2. The van der Waals surface area contributed by atoms with Crippen LogP contribution in [-0.2, 0) is 4.74 Å². The summed E-state index contributed by atoms with van der Waals surface area (Å²) < 4.78 is 7.04. The van der Waals surface area contributed by atoms with E-state index in [-0.39, 0.29) is 23.5 Å². The summed E-state index contributed by atoms with van der Waals surface area (Å²) in [5.41, 5.74) is 6.61. The molecule has 1 saturated carbocycles. The monoisotopic (exact) mass is 428 g/mol. The number of hydrogen-bond acceptors (Lipinski definition) is 6. The largest absolute Gasteiger partial charge is 0.377 e. The molecule has 2 heterocycles. The molecule has 30 heavy (non-hydrogen) atoms. The molecule has 1 aromatic heterocycles. The quantitative estimate of drug-likeness (QED) is 0.650. The van der Waals surface area contributed by atoms with Crippen molar-refractivity contribution < 1.29 is 9.53 Å². The number of carbonyl (C=O) groups excluding carboxylic acids is 1. The lowest BCUT2D eigenvalue weighted by molar-refractivity contribution is -0.0724. The number of halogens is 1. The Morgan fingerprint density at radius 3 is 2.70 bits per heavy atom. The van der Waals surface area contributed by atoms with Crippen LogP contribution in [0.4, 0.5) is 11.5 Å². The molecule has 0 radical (unpaired) electrons. The Labute approximate surface area is 180 Å². The van der Waals surface area contributed by atoms with Gasteiger partial charge in [0.1, 0.15) is 5.56 Å². The van der Waals surface area contributed by atoms with Crippen molar-refractivity contribution >= 4 is 29.0 Å². The Morgan fingerprint density at radius 1 is 1.37 bits per heavy atom. The van der Waals surface area contributed by atoms with Crippen LogP contribution in [0.3, 0.4) is 0 Å². The second-order valence-corrected chi connectivity index (χ2v) is 8.81. The van der Waals surface area contributed by atoms with Crippen LogP contribution in [0.2, 0.25) is 5.02 Å². The van der Waals surface area contributed by atoms with E-state index in [1.165, 1.54) is 0 Å². The van der Waals surface area contributed by atoms with E-state index in [0.717, 1.165) is 24.9 Å². The fourth-order valence-corrected chi connectivity index (χ4v) is 4.36. The summed E-state index contributed by atoms with van der Waals surface area (Å²) in [7, 11) is 0. The zero-order chi connectivity index (χ0) is 21.3. The number of nitrogens with two attached hydrogens (primary N) is 1. The minimum absolute atomic E-state index is 0.00197. The van der Waals surface area contributed by atoms with E-state index < -0.39 is 5.91 Å². The van der Waals surface area contributed by atoms with Gasteiger partial charge >= 0.3 is 0 Å². The van der Waals surface area contributed by atoms with Gasteiger partial charge in [0.15, 0.2) is 5.82 Å². The predicted octanol–water partition coefficient (Wildman–Crippen LogP) is 2.99. The highest BCUT2D eigenvalue weighted by molar-refractivity contribution is 6.30. The van der Waals surface area contributed by atoms with Gasteiger partial charge in [0.05, 0.1) is 36.8 Å². The number of ether oxygens (including phenoxy) is 1. The number of anilines is 2. The highest BCUT2D eigenvalue weighted by atomic mass is 35.5. The van der Waals surface area contributed by atoms with Crippen molar-refractivity contribution in [3.05, 3.63) is 41.0 Å². The fraction of sp³-hybridized carbons (Fsp3) is 0.476. The molecule has 8 nitrogen and oxygen atoms in total. The minimum Gasteiger partial charge on any atom is -0.377 e. The third kappa shape index (κ3) is 4.29. The summed E-state index contributed by atoms with van der Waals surface area (Å²) in [4.78, 5) is 12.0. The van der Waals surface area contributed by atoms with Crippen LogP contribution in [0.1, 0.15) is 42.6 Å². The highest BCUT2D eigenvalue weighted by Crippen LogP contribution is 2.36. The van der Waals surface area contributed by atoms with Crippen molar-refractivity contribution in [2.24, 2.45) is 11.7 Å². The first-order valence-electron chi connectivity index (χ1n) is 10.0. The van der Waals surface area contributed by atoms with Gasteiger partial charge in [0.25, 0.3) is 5.91 Å². The minimum atomic E-state index is -0.570. The number of nitrogens with zero attached hydrogens (tertiary/aromatic N) is 3. The zero-order valence-corrected chi connectivity index (χ0v) is 17.5. The highest BCUT2D eigenvalue weighted by Gasteiger charge is 2.39. The number of rotatable bonds is 6. The molecule has 0 bridgehead atoms. The molecule has 1 aliphatic heterocycles. The first kappa shape index (κ1) is 20.7. The van der Waals surface area contributed by atoms with Crippen molar-refractivity contribution in [2.75, 3.05) is 18.5 Å². The molecule has 4 rings (SSSR count). The van der Waals surface area contributed by atoms with E-state index in [1.54, 1.807) is 35.1 Å². The molecule has 1 saturated heterocycles. The van der Waals surface area contributed by atoms with Gasteiger partial charge in [0.2, 0.25) is 0 Å². The first-order chi connectivity index (χ1) is 14.4. The second-order valence-electron chi connectivity index (χ2n) is 8.38. The summed E-state index contributed by atoms with van der Waals surface area (Å²) in [6.45, 7) is 3.54. The van der Waals surface area contributed by atoms with Crippen LogP contribution in [0.15, 0.2) is 30.5 Å². The van der Waals surface area contributed by atoms with Crippen LogP contribution in [-0.4, -0.2) is 40.5 Å². The number of hydrogen-bond donors (Lipinski definition) is 3. The van der Waals surface area contributed by atoms with Crippen LogP contribution in [0.5, 0.6) is 0 Å². The maximum absolute atomic E-state index is 12.0. The predicted molar refractivity (Wildman–Crippen MR) is 114 cm³/mol. The normalized spacial score (nSPS) is 25.2. The summed E-state index contributed by atoms with van der Waals surface area (Å²) >= 11 is 5.93. The molecular weight excluding hydrogens is 404 g/mol. The summed E-state index contributed by atoms with van der Waals surface area (Å²) in [5, 5.41) is 21.8. The lowest BCUT2D eigenvalue weighted by Gasteiger charge is -2.44. The Balaban J connectivity index is 1.52. The Hall–Kier alpha value is -2.60. The van der Waals surface area contributed by atoms with Gasteiger partial charge in [-0.2, -0.15) is 10.4 Å². The standard InChI is InChI=1S/C21H25ClN6O2/c1-21(11-30-12-21)26-16-6-7-18(13(8-16)9-23)28-10-17(19(24)29)20(27-28)25-15-4-2-14(22)3-5-15/h2-5,10,13,16,18,26H,6-8,11-12H2,1H3,(H2,24,29)(H,25,27). The van der Waals surface area contributed by atoms with Crippen LogP contribution >= 0.6 is 11.6 Å². The molecule has 3 unspecified atom stereocenters. The van der Waals surface area contributed by atoms with Gasteiger partial charge in [-0.25, -0.2) is 0 Å². The van der Waals surface area contributed by atoms with Crippen LogP contribution < -0.4 is 16.4 Å². The third-order valence-electron chi connectivity index (χ3n) is 5.82. The SMILES string of the molecule is CC1(NC2CCC(n3cc(C(N)=O)c(Nc4ccc(Cl)cc4)n3)C(C#N)C2)COC1. The van der Waals surface area contributed by atoms with Crippen LogP contribution in [0.25, 0.3) is 0 Å². The lowest BCUT2D eigenvalue weighted by atomic mass is 9.81. The van der Waals surface area contributed by atoms with Gasteiger partial charge < -0.3 is 21.1 Å².